The van der Waals surface area contributed by atoms with Crippen molar-refractivity contribution in [1.82, 2.24) is 0 Å². The average Bonchev–Trinajstić information content (AvgIpc) is 3.08. The normalized spacial score (nSPS) is 13.8. The highest BCUT2D eigenvalue weighted by molar-refractivity contribution is 5.97. The molecule has 0 saturated heterocycles. The number of ether oxygens (including phenoxy) is 3. The van der Waals surface area contributed by atoms with Crippen molar-refractivity contribution in [1.29, 1.82) is 0 Å². The molecule has 0 radical (unpaired) electrons. The molecule has 1 aliphatic heterocycles. The van der Waals surface area contributed by atoms with Crippen molar-refractivity contribution in [3.8, 4) is 11.5 Å². The zero-order chi connectivity index (χ0) is 19.6. The van der Waals surface area contributed by atoms with E-state index in [0.29, 0.717) is 23.3 Å². The number of hydrogen-bond acceptors (Lipinski definition) is 5. The summed E-state index contributed by atoms with van der Waals surface area (Å²) in [4.78, 5) is 24.2. The summed E-state index contributed by atoms with van der Waals surface area (Å²) in [6.07, 6.45) is -5.81. The molecule has 2 aromatic rings. The van der Waals surface area contributed by atoms with E-state index in [2.05, 4.69) is 5.32 Å². The fourth-order valence-corrected chi connectivity index (χ4v) is 2.32. The van der Waals surface area contributed by atoms with Crippen molar-refractivity contribution in [2.24, 2.45) is 0 Å². The van der Waals surface area contributed by atoms with Crippen LogP contribution in [-0.4, -0.2) is 24.8 Å². The average molecular weight is 381 g/mol. The third kappa shape index (κ3) is 4.30. The highest BCUT2D eigenvalue weighted by atomic mass is 19.4. The van der Waals surface area contributed by atoms with E-state index < -0.39 is 29.7 Å². The Balaban J connectivity index is 1.63. The van der Waals surface area contributed by atoms with Crippen molar-refractivity contribution in [3.63, 3.8) is 0 Å². The van der Waals surface area contributed by atoms with Gasteiger partial charge in [0.1, 0.15) is 0 Å². The zero-order valence-corrected chi connectivity index (χ0v) is 14.0. The highest BCUT2D eigenvalue weighted by Gasteiger charge is 2.31. The molecule has 0 bridgehead atoms. The van der Waals surface area contributed by atoms with Gasteiger partial charge >= 0.3 is 12.1 Å². The molecule has 1 amide bonds. The number of amides is 1. The summed E-state index contributed by atoms with van der Waals surface area (Å²) >= 11 is 0. The molecule has 0 aromatic heterocycles. The predicted octanol–water partition coefficient (Wildman–Crippen LogP) is 3.62. The number of carbonyl (C=O) groups excluding carboxylic acids is 2. The molecule has 0 spiro atoms. The first-order valence-corrected chi connectivity index (χ1v) is 7.83. The van der Waals surface area contributed by atoms with Gasteiger partial charge < -0.3 is 19.5 Å². The van der Waals surface area contributed by atoms with Crippen LogP contribution in [0.2, 0.25) is 0 Å². The Morgan fingerprint density at radius 1 is 1.11 bits per heavy atom. The maximum absolute atomic E-state index is 12.7. The quantitative estimate of drug-likeness (QED) is 0.819. The summed E-state index contributed by atoms with van der Waals surface area (Å²) in [6, 6.07) is 8.51. The number of esters is 1. The molecule has 1 N–H and O–H groups in total. The van der Waals surface area contributed by atoms with Gasteiger partial charge in [-0.3, -0.25) is 4.79 Å². The van der Waals surface area contributed by atoms with Gasteiger partial charge in [-0.15, -0.1) is 0 Å². The molecular weight excluding hydrogens is 367 g/mol. The van der Waals surface area contributed by atoms with E-state index in [1.807, 2.05) is 0 Å². The third-order valence-corrected chi connectivity index (χ3v) is 3.72. The van der Waals surface area contributed by atoms with E-state index >= 15 is 0 Å². The van der Waals surface area contributed by atoms with Crippen LogP contribution in [0.15, 0.2) is 42.5 Å². The van der Waals surface area contributed by atoms with Crippen LogP contribution in [-0.2, 0) is 15.7 Å². The Kier molecular flexibility index (Phi) is 4.93. The number of rotatable bonds is 4. The summed E-state index contributed by atoms with van der Waals surface area (Å²) in [6.45, 7) is 1.39. The van der Waals surface area contributed by atoms with Gasteiger partial charge in [0, 0.05) is 11.8 Å². The lowest BCUT2D eigenvalue weighted by molar-refractivity contribution is -0.137. The van der Waals surface area contributed by atoms with Crippen molar-refractivity contribution in [2.45, 2.75) is 19.2 Å². The first-order valence-electron chi connectivity index (χ1n) is 7.83. The first kappa shape index (κ1) is 18.6. The van der Waals surface area contributed by atoms with Crippen LogP contribution in [0, 0.1) is 0 Å². The number of hydrogen-bond donors (Lipinski definition) is 1. The second-order valence-electron chi connectivity index (χ2n) is 5.68. The second-order valence-corrected chi connectivity index (χ2v) is 5.68. The van der Waals surface area contributed by atoms with E-state index in [9.17, 15) is 22.8 Å². The molecule has 0 saturated carbocycles. The minimum atomic E-state index is -4.58. The van der Waals surface area contributed by atoms with Crippen molar-refractivity contribution >= 4 is 17.6 Å². The van der Waals surface area contributed by atoms with Crippen LogP contribution < -0.4 is 14.8 Å². The summed E-state index contributed by atoms with van der Waals surface area (Å²) < 4.78 is 53.5. The maximum Gasteiger partial charge on any atom is 0.416 e. The fourth-order valence-electron chi connectivity index (χ4n) is 2.32. The predicted molar refractivity (Wildman–Crippen MR) is 87.5 cm³/mol. The smallest absolute Gasteiger partial charge is 0.416 e. The standard InChI is InChI=1S/C18H14F3NO5/c1-10(16(23)22-13-5-6-14-15(8-13)26-9-25-14)27-17(24)11-3-2-4-12(7-11)18(19,20)21/h2-8,10H,9H2,1H3,(H,22,23). The topological polar surface area (TPSA) is 73.9 Å². The maximum atomic E-state index is 12.7. The van der Waals surface area contributed by atoms with Gasteiger partial charge in [-0.05, 0) is 37.3 Å². The monoisotopic (exact) mass is 381 g/mol. The van der Waals surface area contributed by atoms with Crippen LogP contribution in [0.3, 0.4) is 0 Å². The number of halogens is 3. The van der Waals surface area contributed by atoms with E-state index in [4.69, 9.17) is 14.2 Å². The number of carbonyl (C=O) groups is 2. The van der Waals surface area contributed by atoms with Crippen molar-refractivity contribution < 1.29 is 37.0 Å². The molecule has 1 aliphatic rings. The minimum Gasteiger partial charge on any atom is -0.454 e. The van der Waals surface area contributed by atoms with Gasteiger partial charge in [0.2, 0.25) is 6.79 Å². The molecule has 6 nitrogen and oxygen atoms in total. The van der Waals surface area contributed by atoms with E-state index in [1.54, 1.807) is 18.2 Å². The first-order chi connectivity index (χ1) is 12.7. The Bertz CT molecular complexity index is 882. The summed E-state index contributed by atoms with van der Waals surface area (Å²) in [5, 5.41) is 2.53. The van der Waals surface area contributed by atoms with Crippen LogP contribution in [0.4, 0.5) is 18.9 Å². The number of benzene rings is 2. The van der Waals surface area contributed by atoms with Crippen LogP contribution in [0.25, 0.3) is 0 Å². The van der Waals surface area contributed by atoms with E-state index in [1.165, 1.54) is 13.0 Å². The van der Waals surface area contributed by atoms with Gasteiger partial charge in [-0.1, -0.05) is 6.07 Å². The van der Waals surface area contributed by atoms with Crippen LogP contribution >= 0.6 is 0 Å². The van der Waals surface area contributed by atoms with Crippen LogP contribution in [0.1, 0.15) is 22.8 Å². The molecular formula is C18H14F3NO5. The molecule has 3 rings (SSSR count). The number of fused-ring (bicyclic) bond motifs is 1. The minimum absolute atomic E-state index is 0.0811. The van der Waals surface area contributed by atoms with Crippen molar-refractivity contribution in [3.05, 3.63) is 53.6 Å². The highest BCUT2D eigenvalue weighted by Crippen LogP contribution is 2.34. The molecule has 1 heterocycles. The Hall–Kier alpha value is -3.23. The lowest BCUT2D eigenvalue weighted by atomic mass is 10.1. The zero-order valence-electron chi connectivity index (χ0n) is 14.0. The second kappa shape index (κ2) is 7.18. The largest absolute Gasteiger partial charge is 0.454 e. The van der Waals surface area contributed by atoms with E-state index in [0.717, 1.165) is 12.1 Å². The molecule has 0 aliphatic carbocycles. The Labute approximate surface area is 151 Å². The molecule has 1 unspecified atom stereocenters. The molecule has 1 atom stereocenters. The molecule has 27 heavy (non-hydrogen) atoms. The Morgan fingerprint density at radius 3 is 2.59 bits per heavy atom. The molecule has 142 valence electrons. The summed E-state index contributed by atoms with van der Waals surface area (Å²) in [5.74, 6) is -0.679. The van der Waals surface area contributed by atoms with Crippen LogP contribution in [0.5, 0.6) is 11.5 Å². The number of alkyl halides is 3. The molecule has 9 heteroatoms. The molecule has 2 aromatic carbocycles. The van der Waals surface area contributed by atoms with Gasteiger partial charge in [0.15, 0.2) is 17.6 Å². The van der Waals surface area contributed by atoms with Gasteiger partial charge in [-0.25, -0.2) is 4.79 Å². The van der Waals surface area contributed by atoms with Gasteiger partial charge in [-0.2, -0.15) is 13.2 Å². The lowest BCUT2D eigenvalue weighted by Crippen LogP contribution is -2.30. The van der Waals surface area contributed by atoms with Gasteiger partial charge in [0.25, 0.3) is 5.91 Å². The van der Waals surface area contributed by atoms with Gasteiger partial charge in [0.05, 0.1) is 11.1 Å². The number of anilines is 1. The Morgan fingerprint density at radius 2 is 1.85 bits per heavy atom. The van der Waals surface area contributed by atoms with Crippen molar-refractivity contribution in [2.75, 3.05) is 12.1 Å². The number of nitrogens with one attached hydrogen (secondary N) is 1. The summed E-state index contributed by atoms with van der Waals surface area (Å²) in [7, 11) is 0. The SMILES string of the molecule is CC(OC(=O)c1cccc(C(F)(F)F)c1)C(=O)Nc1ccc2c(c1)OCO2. The fraction of sp³-hybridized carbons (Fsp3) is 0.222. The lowest BCUT2D eigenvalue weighted by Gasteiger charge is -2.14. The summed E-state index contributed by atoms with van der Waals surface area (Å²) in [5.41, 5.74) is -0.881. The van der Waals surface area contributed by atoms with E-state index in [-0.39, 0.29) is 12.4 Å². The third-order valence-electron chi connectivity index (χ3n) is 3.72. The molecule has 0 fully saturated rings.